The second-order valence-electron chi connectivity index (χ2n) is 5.88. The Labute approximate surface area is 140 Å². The lowest BCUT2D eigenvalue weighted by atomic mass is 10.1. The SMILES string of the molecule is Cc1ccc(-c2noc(CN(C(=O)c3ccco3)C(C)C)n2)cc1. The summed E-state index contributed by atoms with van der Waals surface area (Å²) in [6.07, 6.45) is 1.48. The largest absolute Gasteiger partial charge is 0.459 e. The fourth-order valence-corrected chi connectivity index (χ4v) is 2.32. The van der Waals surface area contributed by atoms with Gasteiger partial charge in [0.05, 0.1) is 6.26 Å². The molecule has 0 radical (unpaired) electrons. The van der Waals surface area contributed by atoms with Crippen LogP contribution in [0, 0.1) is 6.92 Å². The molecular formula is C18H19N3O3. The number of carbonyl (C=O) groups is 1. The predicted octanol–water partition coefficient (Wildman–Crippen LogP) is 3.69. The smallest absolute Gasteiger partial charge is 0.290 e. The van der Waals surface area contributed by atoms with Crippen molar-refractivity contribution in [3.8, 4) is 11.4 Å². The number of carbonyl (C=O) groups excluding carboxylic acids is 1. The third-order valence-corrected chi connectivity index (χ3v) is 3.70. The number of aryl methyl sites for hydroxylation is 1. The van der Waals surface area contributed by atoms with E-state index in [0.29, 0.717) is 17.5 Å². The summed E-state index contributed by atoms with van der Waals surface area (Å²) in [5.41, 5.74) is 2.04. The third kappa shape index (κ3) is 3.37. The van der Waals surface area contributed by atoms with Crippen LogP contribution in [0.15, 0.2) is 51.6 Å². The van der Waals surface area contributed by atoms with Crippen molar-refractivity contribution < 1.29 is 13.7 Å². The van der Waals surface area contributed by atoms with E-state index in [1.54, 1.807) is 17.0 Å². The molecule has 0 aliphatic carbocycles. The van der Waals surface area contributed by atoms with Crippen LogP contribution in [-0.2, 0) is 6.54 Å². The average Bonchev–Trinajstić information content (AvgIpc) is 3.24. The zero-order valence-corrected chi connectivity index (χ0v) is 13.9. The van der Waals surface area contributed by atoms with E-state index < -0.39 is 0 Å². The molecular weight excluding hydrogens is 306 g/mol. The van der Waals surface area contributed by atoms with E-state index in [9.17, 15) is 4.79 Å². The van der Waals surface area contributed by atoms with Crippen molar-refractivity contribution in [2.45, 2.75) is 33.4 Å². The lowest BCUT2D eigenvalue weighted by Crippen LogP contribution is -2.36. The van der Waals surface area contributed by atoms with Crippen LogP contribution in [0.25, 0.3) is 11.4 Å². The fourth-order valence-electron chi connectivity index (χ4n) is 2.32. The highest BCUT2D eigenvalue weighted by atomic mass is 16.5. The number of hydrogen-bond acceptors (Lipinski definition) is 5. The summed E-state index contributed by atoms with van der Waals surface area (Å²) >= 11 is 0. The minimum absolute atomic E-state index is 0.0303. The Morgan fingerprint density at radius 1 is 1.21 bits per heavy atom. The molecule has 6 nitrogen and oxygen atoms in total. The molecule has 3 rings (SSSR count). The maximum atomic E-state index is 12.5. The molecule has 0 bridgehead atoms. The topological polar surface area (TPSA) is 72.4 Å². The van der Waals surface area contributed by atoms with Crippen molar-refractivity contribution in [1.29, 1.82) is 0 Å². The molecule has 1 aromatic carbocycles. The van der Waals surface area contributed by atoms with Crippen LogP contribution < -0.4 is 0 Å². The summed E-state index contributed by atoms with van der Waals surface area (Å²) in [5, 5.41) is 4.00. The van der Waals surface area contributed by atoms with Crippen LogP contribution in [0.1, 0.15) is 35.9 Å². The van der Waals surface area contributed by atoms with E-state index in [1.807, 2.05) is 45.0 Å². The fraction of sp³-hybridized carbons (Fsp3) is 0.278. The Morgan fingerprint density at radius 3 is 2.58 bits per heavy atom. The Balaban J connectivity index is 1.79. The highest BCUT2D eigenvalue weighted by Crippen LogP contribution is 2.18. The number of furan rings is 1. The molecule has 6 heteroatoms. The van der Waals surface area contributed by atoms with E-state index in [2.05, 4.69) is 10.1 Å². The summed E-state index contributed by atoms with van der Waals surface area (Å²) in [4.78, 5) is 18.5. The standard InChI is InChI=1S/C18H19N3O3/c1-12(2)21(18(22)15-5-4-10-23-15)11-16-19-17(20-24-16)14-8-6-13(3)7-9-14/h4-10,12H,11H2,1-3H3. The van der Waals surface area contributed by atoms with Crippen molar-refractivity contribution in [2.24, 2.45) is 0 Å². The van der Waals surface area contributed by atoms with Crippen molar-refractivity contribution in [1.82, 2.24) is 15.0 Å². The zero-order chi connectivity index (χ0) is 17.1. The van der Waals surface area contributed by atoms with Crippen molar-refractivity contribution in [2.75, 3.05) is 0 Å². The quantitative estimate of drug-likeness (QED) is 0.715. The first-order valence-corrected chi connectivity index (χ1v) is 7.78. The molecule has 0 saturated carbocycles. The van der Waals surface area contributed by atoms with Gasteiger partial charge in [-0.2, -0.15) is 4.98 Å². The molecule has 0 aliphatic rings. The van der Waals surface area contributed by atoms with Gasteiger partial charge in [-0.25, -0.2) is 0 Å². The van der Waals surface area contributed by atoms with Gasteiger partial charge in [0.15, 0.2) is 5.76 Å². The highest BCUT2D eigenvalue weighted by Gasteiger charge is 2.23. The number of amides is 1. The number of nitrogens with zero attached hydrogens (tertiary/aromatic N) is 3. The number of aromatic nitrogens is 2. The maximum Gasteiger partial charge on any atom is 0.290 e. The van der Waals surface area contributed by atoms with Crippen LogP contribution in [0.2, 0.25) is 0 Å². The molecule has 0 N–H and O–H groups in total. The molecule has 0 fully saturated rings. The van der Waals surface area contributed by atoms with Crippen molar-refractivity contribution in [3.05, 3.63) is 59.9 Å². The summed E-state index contributed by atoms with van der Waals surface area (Å²) in [6, 6.07) is 11.2. The molecule has 0 atom stereocenters. The van der Waals surface area contributed by atoms with E-state index in [0.717, 1.165) is 11.1 Å². The average molecular weight is 325 g/mol. The summed E-state index contributed by atoms with van der Waals surface area (Å²) in [6.45, 7) is 6.11. The van der Waals surface area contributed by atoms with Crippen LogP contribution in [0.5, 0.6) is 0 Å². The van der Waals surface area contributed by atoms with Crippen LogP contribution in [-0.4, -0.2) is 27.0 Å². The van der Waals surface area contributed by atoms with Gasteiger partial charge < -0.3 is 13.8 Å². The molecule has 0 unspecified atom stereocenters. The Morgan fingerprint density at radius 2 is 1.96 bits per heavy atom. The predicted molar refractivity (Wildman–Crippen MR) is 88.2 cm³/mol. The maximum absolute atomic E-state index is 12.5. The molecule has 2 heterocycles. The van der Waals surface area contributed by atoms with Gasteiger partial charge in [-0.15, -0.1) is 0 Å². The van der Waals surface area contributed by atoms with Gasteiger partial charge in [0.1, 0.15) is 6.54 Å². The van der Waals surface area contributed by atoms with Crippen LogP contribution in [0.4, 0.5) is 0 Å². The third-order valence-electron chi connectivity index (χ3n) is 3.70. The van der Waals surface area contributed by atoms with Crippen molar-refractivity contribution >= 4 is 5.91 Å². The Bertz CT molecular complexity index is 804. The molecule has 124 valence electrons. The summed E-state index contributed by atoms with van der Waals surface area (Å²) < 4.78 is 10.5. The number of rotatable bonds is 5. The molecule has 0 aliphatic heterocycles. The van der Waals surface area contributed by atoms with E-state index in [1.165, 1.54) is 6.26 Å². The van der Waals surface area contributed by atoms with Gasteiger partial charge in [-0.1, -0.05) is 35.0 Å². The van der Waals surface area contributed by atoms with Gasteiger partial charge >= 0.3 is 0 Å². The van der Waals surface area contributed by atoms with Gasteiger partial charge in [-0.3, -0.25) is 4.79 Å². The molecule has 24 heavy (non-hydrogen) atoms. The first kappa shape index (κ1) is 16.0. The molecule has 0 saturated heterocycles. The molecule has 2 aromatic heterocycles. The van der Waals surface area contributed by atoms with E-state index >= 15 is 0 Å². The lowest BCUT2D eigenvalue weighted by Gasteiger charge is -2.23. The Kier molecular flexibility index (Phi) is 4.46. The van der Waals surface area contributed by atoms with Gasteiger partial charge in [0, 0.05) is 11.6 Å². The normalized spacial score (nSPS) is 11.0. The summed E-state index contributed by atoms with van der Waals surface area (Å²) in [5.74, 6) is 0.991. The lowest BCUT2D eigenvalue weighted by molar-refractivity contribution is 0.0634. The van der Waals surface area contributed by atoms with E-state index in [4.69, 9.17) is 8.94 Å². The van der Waals surface area contributed by atoms with E-state index in [-0.39, 0.29) is 18.5 Å². The van der Waals surface area contributed by atoms with Crippen molar-refractivity contribution in [3.63, 3.8) is 0 Å². The second-order valence-corrected chi connectivity index (χ2v) is 5.88. The van der Waals surface area contributed by atoms with Gasteiger partial charge in [0.2, 0.25) is 11.7 Å². The van der Waals surface area contributed by atoms with Crippen LogP contribution in [0.3, 0.4) is 0 Å². The highest BCUT2D eigenvalue weighted by molar-refractivity contribution is 5.91. The number of benzene rings is 1. The minimum Gasteiger partial charge on any atom is -0.459 e. The second kappa shape index (κ2) is 6.70. The first-order valence-electron chi connectivity index (χ1n) is 7.78. The van der Waals surface area contributed by atoms with Gasteiger partial charge in [0.25, 0.3) is 5.91 Å². The molecule has 0 spiro atoms. The molecule has 3 aromatic rings. The molecule has 1 amide bonds. The monoisotopic (exact) mass is 325 g/mol. The minimum atomic E-state index is -0.204. The zero-order valence-electron chi connectivity index (χ0n) is 13.9. The van der Waals surface area contributed by atoms with Gasteiger partial charge in [-0.05, 0) is 32.9 Å². The first-order chi connectivity index (χ1) is 11.5. The summed E-state index contributed by atoms with van der Waals surface area (Å²) in [7, 11) is 0. The number of hydrogen-bond donors (Lipinski definition) is 0. The Hall–Kier alpha value is -2.89. The van der Waals surface area contributed by atoms with Crippen LogP contribution >= 0.6 is 0 Å².